The molecule has 3 atom stereocenters. The Labute approximate surface area is 68.8 Å². The van der Waals surface area contributed by atoms with Crippen molar-refractivity contribution in [3.63, 3.8) is 0 Å². The van der Waals surface area contributed by atoms with Gasteiger partial charge in [0.25, 0.3) is 0 Å². The zero-order valence-electron chi connectivity index (χ0n) is 7.51. The SMILES string of the molecule is CC1(C)[C@@H]2CCC(CO)[C@H]1C2. The van der Waals surface area contributed by atoms with Gasteiger partial charge in [0.1, 0.15) is 0 Å². The molecule has 0 aliphatic heterocycles. The molecule has 0 spiro atoms. The van der Waals surface area contributed by atoms with E-state index in [9.17, 15) is 0 Å². The standard InChI is InChI=1S/C10H18O/c1-10(2)8-4-3-7(6-11)9(10)5-8/h7-9,11H,3-6H2,1-2H3/t7?,8-,9-/m1/s1. The molecule has 3 aliphatic rings. The molecule has 2 bridgehead atoms. The molecular weight excluding hydrogens is 136 g/mol. The van der Waals surface area contributed by atoms with E-state index in [0.29, 0.717) is 17.9 Å². The first-order valence-electron chi connectivity index (χ1n) is 4.77. The Morgan fingerprint density at radius 1 is 1.36 bits per heavy atom. The summed E-state index contributed by atoms with van der Waals surface area (Å²) in [6.07, 6.45) is 4.02. The minimum absolute atomic E-state index is 0.417. The van der Waals surface area contributed by atoms with Gasteiger partial charge in [-0.15, -0.1) is 0 Å². The molecule has 1 nitrogen and oxygen atoms in total. The fraction of sp³-hybridized carbons (Fsp3) is 1.00. The second-order valence-corrected chi connectivity index (χ2v) is 4.88. The van der Waals surface area contributed by atoms with Crippen molar-refractivity contribution in [1.82, 2.24) is 0 Å². The lowest BCUT2D eigenvalue weighted by atomic mass is 9.46. The van der Waals surface area contributed by atoms with Crippen molar-refractivity contribution < 1.29 is 5.11 Å². The molecule has 3 aliphatic carbocycles. The van der Waals surface area contributed by atoms with Gasteiger partial charge < -0.3 is 5.11 Å². The van der Waals surface area contributed by atoms with Crippen LogP contribution in [0.15, 0.2) is 0 Å². The summed E-state index contributed by atoms with van der Waals surface area (Å²) in [5.74, 6) is 2.41. The van der Waals surface area contributed by atoms with Crippen LogP contribution in [0, 0.1) is 23.2 Å². The van der Waals surface area contributed by atoms with Crippen molar-refractivity contribution in [3.05, 3.63) is 0 Å². The average Bonchev–Trinajstić information content (AvgIpc) is 2.04. The van der Waals surface area contributed by atoms with Crippen molar-refractivity contribution >= 4 is 0 Å². The molecule has 0 aromatic carbocycles. The molecule has 64 valence electrons. The van der Waals surface area contributed by atoms with Gasteiger partial charge >= 0.3 is 0 Å². The molecular formula is C10H18O. The average molecular weight is 154 g/mol. The van der Waals surface area contributed by atoms with Crippen molar-refractivity contribution in [2.45, 2.75) is 33.1 Å². The third kappa shape index (κ3) is 0.868. The van der Waals surface area contributed by atoms with Crippen LogP contribution in [0.2, 0.25) is 0 Å². The van der Waals surface area contributed by atoms with Crippen LogP contribution in [0.3, 0.4) is 0 Å². The molecule has 1 heteroatoms. The largest absolute Gasteiger partial charge is 0.396 e. The molecule has 11 heavy (non-hydrogen) atoms. The van der Waals surface area contributed by atoms with E-state index in [1.807, 2.05) is 0 Å². The quantitative estimate of drug-likeness (QED) is 0.613. The molecule has 1 unspecified atom stereocenters. The molecule has 0 saturated heterocycles. The highest BCUT2D eigenvalue weighted by Gasteiger charge is 2.53. The lowest BCUT2D eigenvalue weighted by Crippen LogP contribution is -2.53. The number of hydrogen-bond donors (Lipinski definition) is 1. The summed E-state index contributed by atoms with van der Waals surface area (Å²) in [5.41, 5.74) is 0.547. The number of aliphatic hydroxyl groups is 1. The van der Waals surface area contributed by atoms with Crippen molar-refractivity contribution in [2.75, 3.05) is 6.61 Å². The first-order valence-corrected chi connectivity index (χ1v) is 4.77. The van der Waals surface area contributed by atoms with Gasteiger partial charge in [0.05, 0.1) is 0 Å². The molecule has 0 aromatic heterocycles. The summed E-state index contributed by atoms with van der Waals surface area (Å²) < 4.78 is 0. The third-order valence-electron chi connectivity index (χ3n) is 4.24. The molecule has 0 aromatic rings. The number of aliphatic hydroxyl groups excluding tert-OH is 1. The molecule has 1 N–H and O–H groups in total. The molecule has 0 radical (unpaired) electrons. The summed E-state index contributed by atoms with van der Waals surface area (Å²) in [5, 5.41) is 9.12. The van der Waals surface area contributed by atoms with Crippen molar-refractivity contribution in [3.8, 4) is 0 Å². The van der Waals surface area contributed by atoms with Gasteiger partial charge in [-0.1, -0.05) is 13.8 Å². The maximum Gasteiger partial charge on any atom is 0.0462 e. The van der Waals surface area contributed by atoms with Crippen LogP contribution < -0.4 is 0 Å². The monoisotopic (exact) mass is 154 g/mol. The van der Waals surface area contributed by atoms with E-state index >= 15 is 0 Å². The second-order valence-electron chi connectivity index (χ2n) is 4.88. The van der Waals surface area contributed by atoms with E-state index in [-0.39, 0.29) is 0 Å². The summed E-state index contributed by atoms with van der Waals surface area (Å²) in [4.78, 5) is 0. The normalized spacial score (nSPS) is 46.6. The van der Waals surface area contributed by atoms with Crippen LogP contribution in [-0.2, 0) is 0 Å². The van der Waals surface area contributed by atoms with E-state index in [0.717, 1.165) is 11.8 Å². The van der Waals surface area contributed by atoms with E-state index < -0.39 is 0 Å². The smallest absolute Gasteiger partial charge is 0.0462 e. The van der Waals surface area contributed by atoms with Gasteiger partial charge in [0.2, 0.25) is 0 Å². The predicted molar refractivity (Wildman–Crippen MR) is 45.2 cm³/mol. The zero-order valence-corrected chi connectivity index (χ0v) is 7.51. The Morgan fingerprint density at radius 2 is 2.09 bits per heavy atom. The summed E-state index contributed by atoms with van der Waals surface area (Å²) in [6.45, 7) is 5.15. The van der Waals surface area contributed by atoms with Gasteiger partial charge in [0.15, 0.2) is 0 Å². The van der Waals surface area contributed by atoms with Gasteiger partial charge in [0, 0.05) is 6.61 Å². The fourth-order valence-electron chi connectivity index (χ4n) is 3.18. The van der Waals surface area contributed by atoms with Crippen LogP contribution in [0.1, 0.15) is 33.1 Å². The third-order valence-corrected chi connectivity index (χ3v) is 4.24. The van der Waals surface area contributed by atoms with Gasteiger partial charge in [-0.2, -0.15) is 0 Å². The first-order chi connectivity index (χ1) is 5.16. The topological polar surface area (TPSA) is 20.2 Å². The Balaban J connectivity index is 2.10. The molecule has 3 fully saturated rings. The van der Waals surface area contributed by atoms with Crippen molar-refractivity contribution in [2.24, 2.45) is 23.2 Å². The molecule has 3 rings (SSSR count). The highest BCUT2D eigenvalue weighted by Crippen LogP contribution is 2.61. The van der Waals surface area contributed by atoms with Gasteiger partial charge in [-0.05, 0) is 42.4 Å². The summed E-state index contributed by atoms with van der Waals surface area (Å²) in [7, 11) is 0. The highest BCUT2D eigenvalue weighted by atomic mass is 16.3. The maximum absolute atomic E-state index is 9.12. The van der Waals surface area contributed by atoms with Crippen LogP contribution in [0.4, 0.5) is 0 Å². The van der Waals surface area contributed by atoms with Crippen LogP contribution in [-0.4, -0.2) is 11.7 Å². The van der Waals surface area contributed by atoms with E-state index in [4.69, 9.17) is 5.11 Å². The summed E-state index contributed by atoms with van der Waals surface area (Å²) in [6, 6.07) is 0. The fourth-order valence-corrected chi connectivity index (χ4v) is 3.18. The van der Waals surface area contributed by atoms with Crippen molar-refractivity contribution in [1.29, 1.82) is 0 Å². The molecule has 3 saturated carbocycles. The van der Waals surface area contributed by atoms with Crippen LogP contribution in [0.25, 0.3) is 0 Å². The number of rotatable bonds is 1. The Morgan fingerprint density at radius 3 is 2.45 bits per heavy atom. The Kier molecular flexibility index (Phi) is 1.54. The van der Waals surface area contributed by atoms with E-state index in [1.165, 1.54) is 19.3 Å². The minimum Gasteiger partial charge on any atom is -0.396 e. The lowest BCUT2D eigenvalue weighted by Gasteiger charge is -2.59. The van der Waals surface area contributed by atoms with Crippen LogP contribution >= 0.6 is 0 Å². The van der Waals surface area contributed by atoms with E-state index in [1.54, 1.807) is 0 Å². The Hall–Kier alpha value is -0.0400. The van der Waals surface area contributed by atoms with Crippen LogP contribution in [0.5, 0.6) is 0 Å². The zero-order chi connectivity index (χ0) is 8.06. The molecule has 0 amide bonds. The number of hydrogen-bond acceptors (Lipinski definition) is 1. The van der Waals surface area contributed by atoms with E-state index in [2.05, 4.69) is 13.8 Å². The number of fused-ring (bicyclic) bond motifs is 2. The molecule has 0 heterocycles. The minimum atomic E-state index is 0.417. The first kappa shape index (κ1) is 7.60. The highest BCUT2D eigenvalue weighted by molar-refractivity contribution is 5.02. The lowest BCUT2D eigenvalue weighted by molar-refractivity contribution is -0.116. The van der Waals surface area contributed by atoms with Gasteiger partial charge in [-0.3, -0.25) is 0 Å². The second kappa shape index (κ2) is 2.22. The predicted octanol–water partition coefficient (Wildman–Crippen LogP) is 2.05. The van der Waals surface area contributed by atoms with Gasteiger partial charge in [-0.25, -0.2) is 0 Å². The maximum atomic E-state index is 9.12. The summed E-state index contributed by atoms with van der Waals surface area (Å²) >= 11 is 0. The Bertz CT molecular complexity index is 160.